The Hall–Kier alpha value is -1.44. The van der Waals surface area contributed by atoms with Crippen LogP contribution in [0.15, 0.2) is 28.7 Å². The van der Waals surface area contributed by atoms with Crippen molar-refractivity contribution in [2.75, 3.05) is 39.4 Å². The lowest BCUT2D eigenvalue weighted by Gasteiger charge is -2.39. The highest BCUT2D eigenvalue weighted by Crippen LogP contribution is 2.36. The number of carbonyl (C=O) groups excluding carboxylic acids is 2. The minimum Gasteiger partial charge on any atom is -0.381 e. The molecule has 160 valence electrons. The van der Waals surface area contributed by atoms with E-state index in [1.165, 1.54) is 0 Å². The number of nitrogens with one attached hydrogen (secondary N) is 2. The summed E-state index contributed by atoms with van der Waals surface area (Å²) in [6, 6.07) is 8.26. The van der Waals surface area contributed by atoms with E-state index in [9.17, 15) is 9.59 Å². The first-order valence-electron chi connectivity index (χ1n) is 10.7. The Morgan fingerprint density at radius 2 is 1.83 bits per heavy atom. The molecule has 3 rings (SSSR count). The number of likely N-dealkylation sites (tertiary alicyclic amines) is 1. The molecule has 2 fully saturated rings. The maximum absolute atomic E-state index is 13.4. The third-order valence-electron chi connectivity index (χ3n) is 6.04. The van der Waals surface area contributed by atoms with Crippen molar-refractivity contribution in [1.29, 1.82) is 0 Å². The number of hydrogen-bond acceptors (Lipinski definition) is 4. The first-order chi connectivity index (χ1) is 14.0. The second kappa shape index (κ2) is 10.5. The van der Waals surface area contributed by atoms with Gasteiger partial charge < -0.3 is 15.4 Å². The summed E-state index contributed by atoms with van der Waals surface area (Å²) in [6.45, 7) is 6.10. The predicted octanol–water partition coefficient (Wildman–Crippen LogP) is 2.60. The fourth-order valence-electron chi connectivity index (χ4n) is 4.22. The van der Waals surface area contributed by atoms with Gasteiger partial charge >= 0.3 is 0 Å². The molecule has 2 saturated heterocycles. The van der Waals surface area contributed by atoms with Gasteiger partial charge in [-0.25, -0.2) is 0 Å². The van der Waals surface area contributed by atoms with Crippen LogP contribution in [-0.2, 0) is 19.7 Å². The monoisotopic (exact) mass is 465 g/mol. The molecule has 0 unspecified atom stereocenters. The van der Waals surface area contributed by atoms with Gasteiger partial charge in [-0.3, -0.25) is 14.5 Å². The number of benzene rings is 1. The van der Waals surface area contributed by atoms with Gasteiger partial charge in [-0.2, -0.15) is 0 Å². The van der Waals surface area contributed by atoms with E-state index in [1.807, 2.05) is 31.2 Å². The van der Waals surface area contributed by atoms with Crippen LogP contribution in [-0.4, -0.2) is 62.1 Å². The summed E-state index contributed by atoms with van der Waals surface area (Å²) in [7, 11) is 0. The molecule has 1 aromatic carbocycles. The molecule has 7 heteroatoms. The number of ether oxygens (including phenoxy) is 1. The van der Waals surface area contributed by atoms with E-state index in [1.54, 1.807) is 0 Å². The molecular formula is C22H32BrN3O3. The Bertz CT molecular complexity index is 681. The molecule has 0 aromatic heterocycles. The Kier molecular flexibility index (Phi) is 8.09. The van der Waals surface area contributed by atoms with E-state index in [0.29, 0.717) is 32.6 Å². The van der Waals surface area contributed by atoms with E-state index in [-0.39, 0.29) is 17.9 Å². The van der Waals surface area contributed by atoms with Crippen LogP contribution in [0.2, 0.25) is 0 Å². The first-order valence-corrected chi connectivity index (χ1v) is 11.5. The molecule has 2 aliphatic rings. The van der Waals surface area contributed by atoms with Crippen molar-refractivity contribution < 1.29 is 14.3 Å². The van der Waals surface area contributed by atoms with Gasteiger partial charge in [0.25, 0.3) is 0 Å². The Morgan fingerprint density at radius 1 is 1.17 bits per heavy atom. The van der Waals surface area contributed by atoms with Crippen molar-refractivity contribution in [2.24, 2.45) is 0 Å². The van der Waals surface area contributed by atoms with Crippen molar-refractivity contribution in [3.8, 4) is 0 Å². The zero-order chi connectivity index (χ0) is 20.7. The Labute approximate surface area is 181 Å². The summed E-state index contributed by atoms with van der Waals surface area (Å²) < 4.78 is 6.57. The molecule has 0 atom stereocenters. The van der Waals surface area contributed by atoms with Crippen molar-refractivity contribution in [3.05, 3.63) is 34.3 Å². The summed E-state index contributed by atoms with van der Waals surface area (Å²) in [5.41, 5.74) is 0.544. The van der Waals surface area contributed by atoms with Gasteiger partial charge in [-0.05, 0) is 49.8 Å². The number of halogens is 1. The van der Waals surface area contributed by atoms with Crippen LogP contribution < -0.4 is 10.6 Å². The Balaban J connectivity index is 1.57. The minimum absolute atomic E-state index is 0.0886. The van der Waals surface area contributed by atoms with E-state index < -0.39 is 5.41 Å². The largest absolute Gasteiger partial charge is 0.381 e. The molecule has 0 bridgehead atoms. The van der Waals surface area contributed by atoms with Crippen LogP contribution in [0.3, 0.4) is 0 Å². The highest BCUT2D eigenvalue weighted by Gasteiger charge is 2.42. The zero-order valence-electron chi connectivity index (χ0n) is 17.2. The molecule has 2 aliphatic heterocycles. The molecule has 2 heterocycles. The van der Waals surface area contributed by atoms with E-state index in [2.05, 4.69) is 31.5 Å². The van der Waals surface area contributed by atoms with Gasteiger partial charge in [-0.15, -0.1) is 0 Å². The quantitative estimate of drug-likeness (QED) is 0.648. The lowest BCUT2D eigenvalue weighted by atomic mass is 9.73. The average Bonchev–Trinajstić information content (AvgIpc) is 2.74. The summed E-state index contributed by atoms with van der Waals surface area (Å²) in [6.07, 6.45) is 4.11. The van der Waals surface area contributed by atoms with Gasteiger partial charge in [0.2, 0.25) is 11.8 Å². The molecule has 2 N–H and O–H groups in total. The molecule has 0 radical (unpaired) electrons. The number of rotatable bonds is 7. The molecule has 6 nitrogen and oxygen atoms in total. The smallest absolute Gasteiger partial charge is 0.234 e. The highest BCUT2D eigenvalue weighted by atomic mass is 79.9. The second-order valence-electron chi connectivity index (χ2n) is 8.08. The fraction of sp³-hybridized carbons (Fsp3) is 0.636. The fourth-order valence-corrected chi connectivity index (χ4v) is 4.48. The summed E-state index contributed by atoms with van der Waals surface area (Å²) in [4.78, 5) is 27.5. The molecule has 29 heavy (non-hydrogen) atoms. The van der Waals surface area contributed by atoms with Crippen LogP contribution in [0.5, 0.6) is 0 Å². The van der Waals surface area contributed by atoms with Crippen LogP contribution in [0.25, 0.3) is 0 Å². The number of hydrogen-bond donors (Lipinski definition) is 2. The lowest BCUT2D eigenvalue weighted by Crippen LogP contribution is -2.53. The molecular weight excluding hydrogens is 434 g/mol. The first kappa shape index (κ1) is 22.2. The van der Waals surface area contributed by atoms with Crippen LogP contribution in [0.1, 0.15) is 44.6 Å². The topological polar surface area (TPSA) is 70.7 Å². The van der Waals surface area contributed by atoms with Gasteiger partial charge in [0.05, 0.1) is 12.0 Å². The third-order valence-corrected chi connectivity index (χ3v) is 6.57. The van der Waals surface area contributed by atoms with Gasteiger partial charge in [0.1, 0.15) is 0 Å². The van der Waals surface area contributed by atoms with Crippen LogP contribution in [0.4, 0.5) is 0 Å². The summed E-state index contributed by atoms with van der Waals surface area (Å²) in [5, 5.41) is 6.24. The van der Waals surface area contributed by atoms with Crippen LogP contribution in [0, 0.1) is 0 Å². The minimum atomic E-state index is -0.518. The predicted molar refractivity (Wildman–Crippen MR) is 117 cm³/mol. The van der Waals surface area contributed by atoms with Crippen molar-refractivity contribution >= 4 is 27.7 Å². The number of amides is 2. The average molecular weight is 466 g/mol. The van der Waals surface area contributed by atoms with Crippen LogP contribution >= 0.6 is 15.9 Å². The second-order valence-corrected chi connectivity index (χ2v) is 8.99. The summed E-state index contributed by atoms with van der Waals surface area (Å²) in [5.74, 6) is 0.202. The number of piperidine rings is 1. The SMILES string of the molecule is CCCNC(=O)CN1CCC(NC(=O)C2(c3ccc(Br)cc3)CCOCC2)CC1. The lowest BCUT2D eigenvalue weighted by molar-refractivity contribution is -0.131. The molecule has 1 aromatic rings. The molecule has 0 aliphatic carbocycles. The van der Waals surface area contributed by atoms with E-state index in [0.717, 1.165) is 48.9 Å². The number of carbonyl (C=O) groups is 2. The molecule has 0 saturated carbocycles. The third kappa shape index (κ3) is 5.80. The van der Waals surface area contributed by atoms with Crippen molar-refractivity contribution in [2.45, 2.75) is 50.5 Å². The van der Waals surface area contributed by atoms with Gasteiger partial charge in [0.15, 0.2) is 0 Å². The number of nitrogens with zero attached hydrogens (tertiary/aromatic N) is 1. The van der Waals surface area contributed by atoms with Crippen molar-refractivity contribution in [1.82, 2.24) is 15.5 Å². The van der Waals surface area contributed by atoms with Gasteiger partial charge in [0, 0.05) is 43.4 Å². The highest BCUT2D eigenvalue weighted by molar-refractivity contribution is 9.10. The van der Waals surface area contributed by atoms with Crippen molar-refractivity contribution in [3.63, 3.8) is 0 Å². The molecule has 0 spiro atoms. The summed E-state index contributed by atoms with van der Waals surface area (Å²) >= 11 is 3.48. The maximum Gasteiger partial charge on any atom is 0.234 e. The molecule has 2 amide bonds. The normalized spacial score (nSPS) is 20.2. The Morgan fingerprint density at radius 3 is 2.45 bits per heavy atom. The zero-order valence-corrected chi connectivity index (χ0v) is 18.8. The standard InChI is InChI=1S/C22H32BrN3O3/c1-2-11-24-20(27)16-26-12-7-19(8-13-26)25-21(28)22(9-14-29-15-10-22)17-3-5-18(23)6-4-17/h3-6,19H,2,7-16H2,1H3,(H,24,27)(H,25,28). The van der Waals surface area contributed by atoms with Gasteiger partial charge in [-0.1, -0.05) is 35.0 Å². The van der Waals surface area contributed by atoms with E-state index in [4.69, 9.17) is 4.74 Å². The van der Waals surface area contributed by atoms with E-state index >= 15 is 0 Å². The maximum atomic E-state index is 13.4.